The zero-order valence-corrected chi connectivity index (χ0v) is 27.5. The molecule has 0 bridgehead atoms. The maximum absolute atomic E-state index is 14.6. The summed E-state index contributed by atoms with van der Waals surface area (Å²) in [7, 11) is 0. The fourth-order valence-corrected chi connectivity index (χ4v) is 4.93. The smallest absolute Gasteiger partial charge is 0.341 e. The molecule has 0 atom stereocenters. The van der Waals surface area contributed by atoms with Crippen molar-refractivity contribution in [2.45, 2.75) is 54.1 Å². The number of nitrogens with one attached hydrogen (secondary N) is 1. The van der Waals surface area contributed by atoms with Gasteiger partial charge < -0.3 is 15.1 Å². The molecule has 1 N–H and O–H groups in total. The van der Waals surface area contributed by atoms with E-state index >= 15 is 0 Å². The Labute approximate surface area is 270 Å². The van der Waals surface area contributed by atoms with Crippen molar-refractivity contribution in [3.05, 3.63) is 82.7 Å². The maximum atomic E-state index is 14.6. The molecule has 0 unspecified atom stereocenters. The Morgan fingerprint density at radius 1 is 0.935 bits per heavy atom. The standard InChI is InChI=1S/C23H26FN5OS.C9H12F3N3/c1-5-7-8-13-29(6-2)22(30)18-11-12-20(27-21(18)24)28-23-26-19(14-31-23)17-10-9-15(3)25-16(17)4;1-3-15(4-2)8-13-5-7(6-14-8)9(10,11)12/h7-12,14H,5-6,13H2,1-4H3,(H,26,27,28);5-6H,3-4H2,1-2H3/b8-7-;. The summed E-state index contributed by atoms with van der Waals surface area (Å²) < 4.78 is 51.2. The minimum absolute atomic E-state index is 0.0431. The molecule has 4 rings (SSSR count). The lowest BCUT2D eigenvalue weighted by Crippen LogP contribution is -2.31. The van der Waals surface area contributed by atoms with Gasteiger partial charge in [0.2, 0.25) is 11.9 Å². The molecular formula is C32H38F4N8OS. The quantitative estimate of drug-likeness (QED) is 0.0988. The van der Waals surface area contributed by atoms with Crippen molar-refractivity contribution in [3.63, 3.8) is 0 Å². The summed E-state index contributed by atoms with van der Waals surface area (Å²) in [4.78, 5) is 36.3. The number of allylic oxidation sites excluding steroid dienone is 1. The third-order valence-corrected chi connectivity index (χ3v) is 7.49. The van der Waals surface area contributed by atoms with Gasteiger partial charge in [0, 0.05) is 60.9 Å². The molecule has 4 heterocycles. The molecule has 0 saturated carbocycles. The highest BCUT2D eigenvalue weighted by molar-refractivity contribution is 7.14. The van der Waals surface area contributed by atoms with Crippen molar-refractivity contribution in [2.24, 2.45) is 0 Å². The van der Waals surface area contributed by atoms with E-state index in [2.05, 4.69) is 30.2 Å². The number of pyridine rings is 2. The van der Waals surface area contributed by atoms with Crippen molar-refractivity contribution in [2.75, 3.05) is 36.4 Å². The lowest BCUT2D eigenvalue weighted by atomic mass is 10.1. The first-order chi connectivity index (χ1) is 21.9. The van der Waals surface area contributed by atoms with E-state index < -0.39 is 17.7 Å². The third kappa shape index (κ3) is 9.77. The average molecular weight is 659 g/mol. The highest BCUT2D eigenvalue weighted by Gasteiger charge is 2.31. The maximum Gasteiger partial charge on any atom is 0.419 e. The van der Waals surface area contributed by atoms with Crippen LogP contribution in [0.3, 0.4) is 0 Å². The number of alkyl halides is 3. The van der Waals surface area contributed by atoms with Crippen molar-refractivity contribution in [1.82, 2.24) is 29.8 Å². The first-order valence-electron chi connectivity index (χ1n) is 14.8. The first kappa shape index (κ1) is 36.0. The topological polar surface area (TPSA) is 100 Å². The molecule has 4 aromatic rings. The summed E-state index contributed by atoms with van der Waals surface area (Å²) in [6.07, 6.45) is 2.02. The molecule has 0 aromatic carbocycles. The zero-order valence-electron chi connectivity index (χ0n) is 26.7. The van der Waals surface area contributed by atoms with Gasteiger partial charge in [-0.1, -0.05) is 19.1 Å². The molecule has 0 saturated heterocycles. The Kier molecular flexibility index (Phi) is 13.1. The number of hydrogen-bond acceptors (Lipinski definition) is 9. The highest BCUT2D eigenvalue weighted by atomic mass is 32.1. The van der Waals surface area contributed by atoms with Gasteiger partial charge in [-0.15, -0.1) is 11.3 Å². The lowest BCUT2D eigenvalue weighted by Gasteiger charge is -2.19. The van der Waals surface area contributed by atoms with Gasteiger partial charge in [-0.2, -0.15) is 17.6 Å². The number of carbonyl (C=O) groups is 1. The van der Waals surface area contributed by atoms with E-state index in [1.807, 2.05) is 71.2 Å². The van der Waals surface area contributed by atoms with Gasteiger partial charge in [0.25, 0.3) is 5.91 Å². The zero-order chi connectivity index (χ0) is 33.9. The summed E-state index contributed by atoms with van der Waals surface area (Å²) in [6.45, 7) is 13.8. The van der Waals surface area contributed by atoms with Crippen LogP contribution in [0.4, 0.5) is 34.5 Å². The van der Waals surface area contributed by atoms with Gasteiger partial charge in [0.1, 0.15) is 5.82 Å². The number of carbonyl (C=O) groups excluding carboxylic acids is 1. The molecule has 0 aliphatic heterocycles. The summed E-state index contributed by atoms with van der Waals surface area (Å²) >= 11 is 1.39. The molecule has 0 aliphatic rings. The number of aromatic nitrogens is 5. The molecule has 9 nitrogen and oxygen atoms in total. The second kappa shape index (κ2) is 16.7. The second-order valence-corrected chi connectivity index (χ2v) is 10.8. The van der Waals surface area contributed by atoms with Crippen LogP contribution in [0.2, 0.25) is 0 Å². The summed E-state index contributed by atoms with van der Waals surface area (Å²) in [5.74, 6) is -0.558. The number of hydrogen-bond donors (Lipinski definition) is 1. The number of thiazole rings is 1. The number of anilines is 3. The molecule has 246 valence electrons. The van der Waals surface area contributed by atoms with Gasteiger partial charge in [-0.25, -0.2) is 19.9 Å². The largest absolute Gasteiger partial charge is 0.419 e. The van der Waals surface area contributed by atoms with E-state index in [1.54, 1.807) is 15.9 Å². The van der Waals surface area contributed by atoms with Crippen LogP contribution >= 0.6 is 11.3 Å². The minimum atomic E-state index is -4.37. The monoisotopic (exact) mass is 658 g/mol. The lowest BCUT2D eigenvalue weighted by molar-refractivity contribution is -0.138. The van der Waals surface area contributed by atoms with Crippen LogP contribution in [0.5, 0.6) is 0 Å². The third-order valence-electron chi connectivity index (χ3n) is 6.73. The Bertz CT molecular complexity index is 1600. The molecule has 46 heavy (non-hydrogen) atoms. The number of likely N-dealkylation sites (N-methyl/N-ethyl adjacent to an activating group) is 1. The number of amides is 1. The van der Waals surface area contributed by atoms with Gasteiger partial charge in [-0.3, -0.25) is 9.78 Å². The first-order valence-corrected chi connectivity index (χ1v) is 15.7. The Balaban J connectivity index is 0.000000322. The fourth-order valence-electron chi connectivity index (χ4n) is 4.22. The van der Waals surface area contributed by atoms with Crippen LogP contribution in [0.25, 0.3) is 11.3 Å². The van der Waals surface area contributed by atoms with Crippen molar-refractivity contribution >= 4 is 34.1 Å². The molecule has 0 spiro atoms. The normalized spacial score (nSPS) is 11.3. The number of rotatable bonds is 11. The molecule has 14 heteroatoms. The molecule has 4 aromatic heterocycles. The summed E-state index contributed by atoms with van der Waals surface area (Å²) in [6, 6.07) is 6.98. The minimum Gasteiger partial charge on any atom is -0.341 e. The van der Waals surface area contributed by atoms with E-state index in [-0.39, 0.29) is 11.5 Å². The molecular weight excluding hydrogens is 620 g/mol. The van der Waals surface area contributed by atoms with Crippen LogP contribution in [0, 0.1) is 19.8 Å². The predicted octanol–water partition coefficient (Wildman–Crippen LogP) is 7.87. The van der Waals surface area contributed by atoms with Gasteiger partial charge >= 0.3 is 6.18 Å². The average Bonchev–Trinajstić information content (AvgIpc) is 3.48. The SMILES string of the molecule is CC/C=C\CN(CC)C(=O)c1ccc(Nc2nc(-c3ccc(C)nc3C)cs2)nc1F.CCN(CC)c1ncc(C(F)(F)F)cn1. The van der Waals surface area contributed by atoms with Crippen LogP contribution < -0.4 is 10.2 Å². The van der Waals surface area contributed by atoms with E-state index in [4.69, 9.17) is 0 Å². The van der Waals surface area contributed by atoms with Crippen LogP contribution in [-0.4, -0.2) is 61.9 Å². The van der Waals surface area contributed by atoms with Crippen LogP contribution in [0.1, 0.15) is 61.4 Å². The van der Waals surface area contributed by atoms with E-state index in [0.717, 1.165) is 41.5 Å². The van der Waals surface area contributed by atoms with Crippen molar-refractivity contribution in [3.8, 4) is 11.3 Å². The molecule has 0 fully saturated rings. The van der Waals surface area contributed by atoms with E-state index in [0.29, 0.717) is 43.1 Å². The predicted molar refractivity (Wildman–Crippen MR) is 174 cm³/mol. The molecule has 0 aliphatic carbocycles. The Hall–Kier alpha value is -4.46. The van der Waals surface area contributed by atoms with Crippen LogP contribution in [-0.2, 0) is 6.18 Å². The van der Waals surface area contributed by atoms with Gasteiger partial charge in [-0.05, 0) is 65.3 Å². The Morgan fingerprint density at radius 3 is 2.20 bits per heavy atom. The van der Waals surface area contributed by atoms with Crippen LogP contribution in [0.15, 0.2) is 54.2 Å². The molecule has 0 radical (unpaired) electrons. The second-order valence-electron chi connectivity index (χ2n) is 9.95. The van der Waals surface area contributed by atoms with E-state index in [1.165, 1.54) is 17.4 Å². The van der Waals surface area contributed by atoms with Crippen molar-refractivity contribution < 1.29 is 22.4 Å². The number of halogens is 4. The fraction of sp³-hybridized carbons (Fsp3) is 0.375. The molecule has 1 amide bonds. The van der Waals surface area contributed by atoms with E-state index in [9.17, 15) is 22.4 Å². The summed E-state index contributed by atoms with van der Waals surface area (Å²) in [5.41, 5.74) is 2.73. The number of aryl methyl sites for hydroxylation is 2. The van der Waals surface area contributed by atoms with Gasteiger partial charge in [0.15, 0.2) is 5.13 Å². The highest BCUT2D eigenvalue weighted by Crippen LogP contribution is 2.29. The number of nitrogens with zero attached hydrogens (tertiary/aromatic N) is 7. The Morgan fingerprint density at radius 2 is 1.63 bits per heavy atom. The van der Waals surface area contributed by atoms with Gasteiger partial charge in [0.05, 0.1) is 16.8 Å². The van der Waals surface area contributed by atoms with Crippen molar-refractivity contribution in [1.29, 1.82) is 0 Å². The summed E-state index contributed by atoms with van der Waals surface area (Å²) in [5, 5.41) is 5.52.